The van der Waals surface area contributed by atoms with Crippen LogP contribution in [0.1, 0.15) is 17.3 Å². The Hall–Kier alpha value is -0.960. The van der Waals surface area contributed by atoms with Crippen LogP contribution in [-0.2, 0) is 0 Å². The molecule has 0 saturated carbocycles. The zero-order chi connectivity index (χ0) is 9.68. The number of para-hydroxylation sites is 1. The van der Waals surface area contributed by atoms with Crippen molar-refractivity contribution >= 4 is 16.9 Å². The van der Waals surface area contributed by atoms with Gasteiger partial charge in [0.1, 0.15) is 5.75 Å². The van der Waals surface area contributed by atoms with Crippen LogP contribution in [0.4, 0.5) is 0 Å². The smallest absolute Gasteiger partial charge is 0.223 e. The van der Waals surface area contributed by atoms with E-state index in [1.165, 1.54) is 11.8 Å². The lowest BCUT2D eigenvalue weighted by Crippen LogP contribution is -1.97. The molecule has 0 N–H and O–H groups in total. The van der Waals surface area contributed by atoms with E-state index in [0.717, 1.165) is 5.75 Å². The summed E-state index contributed by atoms with van der Waals surface area (Å²) in [5.74, 6) is 1.44. The second-order valence-corrected chi connectivity index (χ2v) is 3.66. The molecule has 0 aliphatic heterocycles. The first-order valence-corrected chi connectivity index (χ1v) is 5.08. The summed E-state index contributed by atoms with van der Waals surface area (Å²) in [6.07, 6.45) is 0. The minimum absolute atomic E-state index is 0.0694. The Bertz CT molecular complexity index is 297. The van der Waals surface area contributed by atoms with E-state index in [4.69, 9.17) is 4.74 Å². The number of hydrogen-bond donors (Lipinski definition) is 0. The molecule has 70 valence electrons. The summed E-state index contributed by atoms with van der Waals surface area (Å²) in [5, 5.41) is 0.0694. The Morgan fingerprint density at radius 2 is 2.15 bits per heavy atom. The van der Waals surface area contributed by atoms with Crippen molar-refractivity contribution < 1.29 is 9.53 Å². The van der Waals surface area contributed by atoms with E-state index in [-0.39, 0.29) is 5.12 Å². The van der Waals surface area contributed by atoms with Gasteiger partial charge in [-0.3, -0.25) is 4.79 Å². The van der Waals surface area contributed by atoms with Gasteiger partial charge in [-0.15, -0.1) is 0 Å². The highest BCUT2D eigenvalue weighted by atomic mass is 32.2. The summed E-state index contributed by atoms with van der Waals surface area (Å²) in [6, 6.07) is 7.27. The van der Waals surface area contributed by atoms with Gasteiger partial charge in [0.25, 0.3) is 0 Å². The van der Waals surface area contributed by atoms with Crippen LogP contribution in [0.2, 0.25) is 0 Å². The van der Waals surface area contributed by atoms with Gasteiger partial charge >= 0.3 is 0 Å². The summed E-state index contributed by atoms with van der Waals surface area (Å²) in [7, 11) is 1.57. The number of methoxy groups -OCH3 is 1. The first-order valence-electron chi connectivity index (χ1n) is 4.09. The van der Waals surface area contributed by atoms with Crippen LogP contribution in [-0.4, -0.2) is 18.0 Å². The molecule has 0 unspecified atom stereocenters. The third-order valence-electron chi connectivity index (χ3n) is 1.60. The van der Waals surface area contributed by atoms with E-state index >= 15 is 0 Å². The number of carbonyl (C=O) groups excluding carboxylic acids is 1. The standard InChI is InChI=1S/C10H12O2S/c1-3-13-10(11)8-6-4-5-7-9(8)12-2/h4-7H,3H2,1-2H3. The quantitative estimate of drug-likeness (QED) is 0.743. The third-order valence-corrected chi connectivity index (χ3v) is 2.37. The number of ether oxygens (including phenoxy) is 1. The minimum Gasteiger partial charge on any atom is -0.496 e. The minimum atomic E-state index is 0.0694. The molecule has 0 fully saturated rings. The summed E-state index contributed by atoms with van der Waals surface area (Å²) in [5.41, 5.74) is 0.650. The second-order valence-electron chi connectivity index (χ2n) is 2.42. The molecule has 0 aliphatic carbocycles. The molecule has 3 heteroatoms. The van der Waals surface area contributed by atoms with Crippen molar-refractivity contribution in [3.05, 3.63) is 29.8 Å². The van der Waals surface area contributed by atoms with Gasteiger partial charge in [-0.1, -0.05) is 30.8 Å². The molecular formula is C10H12O2S. The molecule has 0 heterocycles. The average Bonchev–Trinajstić information content (AvgIpc) is 2.18. The van der Waals surface area contributed by atoms with E-state index in [9.17, 15) is 4.79 Å². The van der Waals surface area contributed by atoms with Crippen LogP contribution in [0, 0.1) is 0 Å². The molecule has 1 aromatic rings. The van der Waals surface area contributed by atoms with E-state index in [1.807, 2.05) is 19.1 Å². The fraction of sp³-hybridized carbons (Fsp3) is 0.300. The van der Waals surface area contributed by atoms with Crippen molar-refractivity contribution in [2.45, 2.75) is 6.92 Å². The highest BCUT2D eigenvalue weighted by Gasteiger charge is 2.10. The molecule has 0 atom stereocenters. The lowest BCUT2D eigenvalue weighted by atomic mass is 10.2. The van der Waals surface area contributed by atoms with E-state index in [1.54, 1.807) is 19.2 Å². The fourth-order valence-electron chi connectivity index (χ4n) is 1.02. The monoisotopic (exact) mass is 196 g/mol. The largest absolute Gasteiger partial charge is 0.496 e. The van der Waals surface area contributed by atoms with Crippen LogP contribution >= 0.6 is 11.8 Å². The molecular weight excluding hydrogens is 184 g/mol. The molecule has 1 aromatic carbocycles. The van der Waals surface area contributed by atoms with E-state index in [2.05, 4.69) is 0 Å². The highest BCUT2D eigenvalue weighted by molar-refractivity contribution is 8.14. The Labute approximate surface area is 82.3 Å². The zero-order valence-electron chi connectivity index (χ0n) is 7.74. The molecule has 0 bridgehead atoms. The number of thioether (sulfide) groups is 1. The van der Waals surface area contributed by atoms with Gasteiger partial charge in [-0.2, -0.15) is 0 Å². The van der Waals surface area contributed by atoms with Gasteiger partial charge in [0.05, 0.1) is 12.7 Å². The van der Waals surface area contributed by atoms with Crippen molar-refractivity contribution in [1.82, 2.24) is 0 Å². The van der Waals surface area contributed by atoms with Gasteiger partial charge in [-0.05, 0) is 17.9 Å². The Balaban J connectivity index is 2.92. The molecule has 0 spiro atoms. The van der Waals surface area contributed by atoms with Crippen LogP contribution in [0.5, 0.6) is 5.75 Å². The first kappa shape index (κ1) is 10.1. The summed E-state index contributed by atoms with van der Waals surface area (Å²) >= 11 is 1.30. The predicted molar refractivity (Wildman–Crippen MR) is 55.5 cm³/mol. The Kier molecular flexibility index (Phi) is 3.83. The van der Waals surface area contributed by atoms with Crippen molar-refractivity contribution in [1.29, 1.82) is 0 Å². The van der Waals surface area contributed by atoms with Gasteiger partial charge in [0, 0.05) is 0 Å². The normalized spacial score (nSPS) is 9.69. The lowest BCUT2D eigenvalue weighted by Gasteiger charge is -2.05. The third kappa shape index (κ3) is 2.49. The molecule has 0 radical (unpaired) electrons. The molecule has 0 aliphatic rings. The molecule has 1 rings (SSSR count). The van der Waals surface area contributed by atoms with Gasteiger partial charge in [-0.25, -0.2) is 0 Å². The van der Waals surface area contributed by atoms with Crippen molar-refractivity contribution in [2.75, 3.05) is 12.9 Å². The summed E-state index contributed by atoms with van der Waals surface area (Å²) in [4.78, 5) is 11.5. The summed E-state index contributed by atoms with van der Waals surface area (Å²) < 4.78 is 5.08. The van der Waals surface area contributed by atoms with Gasteiger partial charge in [0.15, 0.2) is 0 Å². The topological polar surface area (TPSA) is 26.3 Å². The molecule has 0 aromatic heterocycles. The molecule has 0 amide bonds. The second kappa shape index (κ2) is 4.92. The van der Waals surface area contributed by atoms with Crippen LogP contribution in [0.15, 0.2) is 24.3 Å². The Morgan fingerprint density at radius 1 is 1.46 bits per heavy atom. The molecule has 2 nitrogen and oxygen atoms in total. The Morgan fingerprint density at radius 3 is 2.77 bits per heavy atom. The van der Waals surface area contributed by atoms with Crippen molar-refractivity contribution in [2.24, 2.45) is 0 Å². The molecule has 0 saturated heterocycles. The molecule has 13 heavy (non-hydrogen) atoms. The number of hydrogen-bond acceptors (Lipinski definition) is 3. The SMILES string of the molecule is CCSC(=O)c1ccccc1OC. The zero-order valence-corrected chi connectivity index (χ0v) is 8.56. The van der Waals surface area contributed by atoms with Crippen LogP contribution in [0.3, 0.4) is 0 Å². The lowest BCUT2D eigenvalue weighted by molar-refractivity contribution is 0.108. The maximum absolute atomic E-state index is 11.5. The van der Waals surface area contributed by atoms with E-state index < -0.39 is 0 Å². The number of benzene rings is 1. The van der Waals surface area contributed by atoms with Crippen LogP contribution in [0.25, 0.3) is 0 Å². The summed E-state index contributed by atoms with van der Waals surface area (Å²) in [6.45, 7) is 1.96. The fourth-order valence-corrected chi connectivity index (χ4v) is 1.61. The van der Waals surface area contributed by atoms with Crippen LogP contribution < -0.4 is 4.74 Å². The first-order chi connectivity index (χ1) is 6.29. The van der Waals surface area contributed by atoms with Gasteiger partial charge < -0.3 is 4.74 Å². The highest BCUT2D eigenvalue weighted by Crippen LogP contribution is 2.22. The number of carbonyl (C=O) groups is 1. The predicted octanol–water partition coefficient (Wildman–Crippen LogP) is 2.59. The maximum atomic E-state index is 11.5. The number of rotatable bonds is 3. The van der Waals surface area contributed by atoms with Crippen molar-refractivity contribution in [3.8, 4) is 5.75 Å². The van der Waals surface area contributed by atoms with E-state index in [0.29, 0.717) is 11.3 Å². The van der Waals surface area contributed by atoms with Gasteiger partial charge in [0.2, 0.25) is 5.12 Å². The maximum Gasteiger partial charge on any atom is 0.223 e. The average molecular weight is 196 g/mol. The van der Waals surface area contributed by atoms with Crippen molar-refractivity contribution in [3.63, 3.8) is 0 Å².